The Morgan fingerprint density at radius 2 is 0.851 bits per heavy atom. The highest BCUT2D eigenvalue weighted by Crippen LogP contribution is 2.51. The number of para-hydroxylation sites is 1. The van der Waals surface area contributed by atoms with E-state index in [1.807, 2.05) is 6.07 Å². The molecule has 0 N–H and O–H groups in total. The molecular weight excluding hydrogens is 569 g/mol. The van der Waals surface area contributed by atoms with Gasteiger partial charge in [0.1, 0.15) is 11.5 Å². The van der Waals surface area contributed by atoms with Crippen molar-refractivity contribution >= 4 is 43.1 Å². The van der Waals surface area contributed by atoms with E-state index in [-0.39, 0.29) is 0 Å². The molecule has 1 aliphatic heterocycles. The second-order valence-corrected chi connectivity index (χ2v) is 12.4. The minimum absolute atomic E-state index is 0.908. The lowest BCUT2D eigenvalue weighted by atomic mass is 9.82. The van der Waals surface area contributed by atoms with Crippen molar-refractivity contribution in [1.82, 2.24) is 0 Å². The second-order valence-electron chi connectivity index (χ2n) is 12.4. The third-order valence-corrected chi connectivity index (χ3v) is 9.84. The molecule has 9 aromatic carbocycles. The van der Waals surface area contributed by atoms with Crippen LogP contribution in [0.3, 0.4) is 0 Å². The molecular formula is C46H28O. The Labute approximate surface area is 272 Å². The molecule has 0 radical (unpaired) electrons. The lowest BCUT2D eigenvalue weighted by Gasteiger charge is -2.24. The Balaban J connectivity index is 1.32. The van der Waals surface area contributed by atoms with Crippen molar-refractivity contribution in [1.29, 1.82) is 0 Å². The Hall–Kier alpha value is -6.18. The zero-order valence-electron chi connectivity index (χ0n) is 25.6. The van der Waals surface area contributed by atoms with Crippen molar-refractivity contribution in [3.05, 3.63) is 170 Å². The highest BCUT2D eigenvalue weighted by Gasteiger charge is 2.24. The topological polar surface area (TPSA) is 9.23 Å². The molecule has 1 heteroatoms. The predicted molar refractivity (Wildman–Crippen MR) is 198 cm³/mol. The summed E-state index contributed by atoms with van der Waals surface area (Å²) in [5.41, 5.74) is 9.80. The maximum absolute atomic E-state index is 6.48. The van der Waals surface area contributed by atoms with Crippen LogP contribution in [0.1, 0.15) is 0 Å². The van der Waals surface area contributed by atoms with Gasteiger partial charge in [0, 0.05) is 10.9 Å². The van der Waals surface area contributed by atoms with Crippen LogP contribution >= 0.6 is 0 Å². The highest BCUT2D eigenvalue weighted by molar-refractivity contribution is 6.26. The molecule has 1 heterocycles. The van der Waals surface area contributed by atoms with E-state index in [0.717, 1.165) is 17.1 Å². The van der Waals surface area contributed by atoms with E-state index < -0.39 is 0 Å². The van der Waals surface area contributed by atoms with Crippen LogP contribution in [0.5, 0.6) is 11.5 Å². The Bertz CT molecular complexity index is 2640. The highest BCUT2D eigenvalue weighted by atomic mass is 16.5. The van der Waals surface area contributed by atoms with Crippen molar-refractivity contribution in [3.8, 4) is 56.0 Å². The molecule has 218 valence electrons. The second kappa shape index (κ2) is 10.2. The minimum Gasteiger partial charge on any atom is -0.456 e. The molecule has 1 nitrogen and oxygen atoms in total. The molecule has 0 saturated carbocycles. The number of ether oxygens (including phenoxy) is 1. The standard InChI is InChI=1S/C46H28O/c1-2-13-29(14-3-1)31-27-30-15-4-5-16-32(30)41(28-31)45-36-20-8-6-18-34(36)44(35-19-7-9-21-37(35)45)40-26-25-39-33-17-10-11-23-42(33)47-43-24-12-22-38(40)46(39)43/h1-28H. The van der Waals surface area contributed by atoms with Crippen molar-refractivity contribution in [3.63, 3.8) is 0 Å². The van der Waals surface area contributed by atoms with E-state index in [1.54, 1.807) is 0 Å². The molecule has 0 fully saturated rings. The van der Waals surface area contributed by atoms with Gasteiger partial charge in [-0.15, -0.1) is 0 Å². The smallest absolute Gasteiger partial charge is 0.135 e. The van der Waals surface area contributed by atoms with Gasteiger partial charge in [-0.05, 0) is 101 Å². The molecule has 0 bridgehead atoms. The molecule has 0 spiro atoms. The fourth-order valence-electron chi connectivity index (χ4n) is 7.82. The first kappa shape index (κ1) is 26.1. The maximum atomic E-state index is 6.48. The van der Waals surface area contributed by atoms with Crippen molar-refractivity contribution in [2.45, 2.75) is 0 Å². The van der Waals surface area contributed by atoms with Crippen molar-refractivity contribution < 1.29 is 4.74 Å². The Kier molecular flexibility index (Phi) is 5.64. The lowest BCUT2D eigenvalue weighted by molar-refractivity contribution is 0.487. The average molecular weight is 597 g/mol. The Morgan fingerprint density at radius 3 is 1.60 bits per heavy atom. The normalized spacial score (nSPS) is 12.0. The molecule has 9 aromatic rings. The van der Waals surface area contributed by atoms with Gasteiger partial charge in [0.25, 0.3) is 0 Å². The van der Waals surface area contributed by atoms with Gasteiger partial charge in [0.15, 0.2) is 0 Å². The van der Waals surface area contributed by atoms with E-state index in [1.165, 1.54) is 82.0 Å². The fourth-order valence-corrected chi connectivity index (χ4v) is 7.82. The lowest BCUT2D eigenvalue weighted by Crippen LogP contribution is -1.98. The maximum Gasteiger partial charge on any atom is 0.135 e. The quantitative estimate of drug-likeness (QED) is 0.184. The summed E-state index contributed by atoms with van der Waals surface area (Å²) in [5, 5.41) is 9.85. The first-order valence-corrected chi connectivity index (χ1v) is 16.2. The number of benzene rings is 9. The first-order valence-electron chi connectivity index (χ1n) is 16.2. The molecule has 0 aromatic heterocycles. The summed E-state index contributed by atoms with van der Waals surface area (Å²) in [6.07, 6.45) is 0. The van der Waals surface area contributed by atoms with E-state index in [2.05, 4.69) is 164 Å². The van der Waals surface area contributed by atoms with Crippen LogP contribution in [-0.2, 0) is 0 Å². The predicted octanol–water partition coefficient (Wildman–Crippen LogP) is 13.1. The van der Waals surface area contributed by atoms with E-state index in [9.17, 15) is 0 Å². The third kappa shape index (κ3) is 3.90. The summed E-state index contributed by atoms with van der Waals surface area (Å²) in [6, 6.07) is 61.6. The summed E-state index contributed by atoms with van der Waals surface area (Å²) in [4.78, 5) is 0. The van der Waals surface area contributed by atoms with Crippen LogP contribution in [0.2, 0.25) is 0 Å². The van der Waals surface area contributed by atoms with Crippen LogP contribution in [0.4, 0.5) is 0 Å². The van der Waals surface area contributed by atoms with E-state index in [4.69, 9.17) is 4.74 Å². The molecule has 10 rings (SSSR count). The number of rotatable bonds is 3. The summed E-state index contributed by atoms with van der Waals surface area (Å²) < 4.78 is 6.48. The molecule has 1 aliphatic rings. The number of fused-ring (bicyclic) bond motifs is 5. The summed E-state index contributed by atoms with van der Waals surface area (Å²) in [5.74, 6) is 1.82. The minimum atomic E-state index is 0.908. The van der Waals surface area contributed by atoms with Gasteiger partial charge >= 0.3 is 0 Å². The van der Waals surface area contributed by atoms with E-state index in [0.29, 0.717) is 0 Å². The third-order valence-electron chi connectivity index (χ3n) is 9.84. The molecule has 0 amide bonds. The summed E-state index contributed by atoms with van der Waals surface area (Å²) in [7, 11) is 0. The zero-order valence-corrected chi connectivity index (χ0v) is 25.6. The van der Waals surface area contributed by atoms with Crippen molar-refractivity contribution in [2.24, 2.45) is 0 Å². The largest absolute Gasteiger partial charge is 0.456 e. The molecule has 0 atom stereocenters. The molecule has 47 heavy (non-hydrogen) atoms. The van der Waals surface area contributed by atoms with Crippen molar-refractivity contribution in [2.75, 3.05) is 0 Å². The molecule has 0 aliphatic carbocycles. The summed E-state index contributed by atoms with van der Waals surface area (Å²) in [6.45, 7) is 0. The average Bonchev–Trinajstić information content (AvgIpc) is 3.14. The van der Waals surface area contributed by atoms with Gasteiger partial charge in [-0.25, -0.2) is 0 Å². The SMILES string of the molecule is c1ccc(-c2cc(-c3c4ccccc4c(-c4ccc5c6c(cccc46)Oc4ccccc4-5)c4ccccc34)c3ccccc3c2)cc1. The monoisotopic (exact) mass is 596 g/mol. The van der Waals surface area contributed by atoms with E-state index >= 15 is 0 Å². The first-order chi connectivity index (χ1) is 23.3. The van der Waals surface area contributed by atoms with Gasteiger partial charge < -0.3 is 4.74 Å². The van der Waals surface area contributed by atoms with Gasteiger partial charge in [0.2, 0.25) is 0 Å². The van der Waals surface area contributed by atoms with Gasteiger partial charge in [-0.2, -0.15) is 0 Å². The number of hydrogen-bond acceptors (Lipinski definition) is 1. The molecule has 0 unspecified atom stereocenters. The van der Waals surface area contributed by atoms with Crippen LogP contribution in [0.15, 0.2) is 170 Å². The Morgan fingerprint density at radius 1 is 0.298 bits per heavy atom. The van der Waals surface area contributed by atoms with Crippen LogP contribution < -0.4 is 4.74 Å². The van der Waals surface area contributed by atoms with Gasteiger partial charge in [-0.3, -0.25) is 0 Å². The summed E-state index contributed by atoms with van der Waals surface area (Å²) >= 11 is 0. The van der Waals surface area contributed by atoms with Crippen LogP contribution in [0, 0.1) is 0 Å². The fraction of sp³-hybridized carbons (Fsp3) is 0. The number of hydrogen-bond donors (Lipinski definition) is 0. The molecule has 0 saturated heterocycles. The van der Waals surface area contributed by atoms with Gasteiger partial charge in [0.05, 0.1) is 0 Å². The van der Waals surface area contributed by atoms with Crippen LogP contribution in [0.25, 0.3) is 87.6 Å². The zero-order chi connectivity index (χ0) is 30.9. The van der Waals surface area contributed by atoms with Crippen LogP contribution in [-0.4, -0.2) is 0 Å². The van der Waals surface area contributed by atoms with Gasteiger partial charge in [-0.1, -0.05) is 146 Å².